The molecule has 0 aliphatic heterocycles. The molecule has 0 spiro atoms. The maximum absolute atomic E-state index is 12.7. The van der Waals surface area contributed by atoms with Crippen LogP contribution in [0.5, 0.6) is 0 Å². The lowest BCUT2D eigenvalue weighted by molar-refractivity contribution is 0.670. The third kappa shape index (κ3) is 6.44. The summed E-state index contributed by atoms with van der Waals surface area (Å²) in [5.41, 5.74) is 16.8. The van der Waals surface area contributed by atoms with Crippen molar-refractivity contribution in [2.24, 2.45) is 0 Å². The van der Waals surface area contributed by atoms with E-state index in [0.29, 0.717) is 33.9 Å². The van der Waals surface area contributed by atoms with Crippen molar-refractivity contribution in [2.45, 2.75) is 0 Å². The number of fused-ring (bicyclic) bond motifs is 20. The van der Waals surface area contributed by atoms with Crippen LogP contribution in [0.3, 0.4) is 0 Å². The molecule has 406 valence electrons. The maximum atomic E-state index is 12.7. The number of hydrogen-bond donors (Lipinski definition) is 0. The highest BCUT2D eigenvalue weighted by molar-refractivity contribution is 6.25. The Bertz CT molecular complexity index is 5940. The van der Waals surface area contributed by atoms with Gasteiger partial charge in [-0.05, 0) is 95.1 Å². The van der Waals surface area contributed by atoms with Crippen molar-refractivity contribution in [2.75, 3.05) is 0 Å². The van der Waals surface area contributed by atoms with Gasteiger partial charge in [-0.1, -0.05) is 194 Å². The third-order valence-corrected chi connectivity index (χ3v) is 18.4. The van der Waals surface area contributed by atoms with Crippen LogP contribution in [0.25, 0.3) is 176 Å². The zero-order valence-electron chi connectivity index (χ0n) is 46.9. The van der Waals surface area contributed by atoms with Gasteiger partial charge in [0, 0.05) is 64.6 Å². The molecule has 0 unspecified atom stereocenters. The fraction of sp³-hybridized carbons (Fsp3) is 0. The lowest BCUT2D eigenvalue weighted by atomic mass is 9.98. The Labute approximate surface area is 501 Å². The van der Waals surface area contributed by atoms with Gasteiger partial charge in [0.2, 0.25) is 0 Å². The molecule has 19 aromatic rings. The molecule has 6 aromatic heterocycles. The summed E-state index contributed by atoms with van der Waals surface area (Å²) in [7, 11) is 0. The van der Waals surface area contributed by atoms with E-state index in [1.54, 1.807) is 0 Å². The molecule has 8 heteroatoms. The first-order valence-electron chi connectivity index (χ1n) is 29.5. The Morgan fingerprint density at radius 1 is 0.239 bits per heavy atom. The largest absolute Gasteiger partial charge is 0.454 e. The van der Waals surface area contributed by atoms with Crippen LogP contribution in [0.2, 0.25) is 0 Å². The molecule has 0 fully saturated rings. The molecule has 6 heterocycles. The zero-order chi connectivity index (χ0) is 57.9. The van der Waals surface area contributed by atoms with Crippen LogP contribution < -0.4 is 0 Å². The van der Waals surface area contributed by atoms with Gasteiger partial charge in [-0.15, -0.1) is 0 Å². The molecule has 8 nitrogen and oxygen atoms in total. The van der Waals surface area contributed by atoms with E-state index in [2.05, 4.69) is 249 Å². The number of benzene rings is 13. The van der Waals surface area contributed by atoms with Crippen LogP contribution in [-0.2, 0) is 0 Å². The molecule has 0 saturated heterocycles. The normalized spacial score (nSPS) is 12.1. The Morgan fingerprint density at radius 3 is 0.955 bits per heavy atom. The van der Waals surface area contributed by atoms with E-state index in [9.17, 15) is 10.5 Å². The molecule has 19 rings (SSSR count). The minimum Gasteiger partial charge on any atom is -0.454 e. The molecule has 0 saturated carbocycles. The Hall–Kier alpha value is -12.4. The monoisotopic (exact) mass is 1120 g/mol. The summed E-state index contributed by atoms with van der Waals surface area (Å²) in [6, 6.07) is 99.1. The Kier molecular flexibility index (Phi) is 9.87. The summed E-state index contributed by atoms with van der Waals surface area (Å²) in [6.45, 7) is 0. The van der Waals surface area contributed by atoms with Gasteiger partial charge < -0.3 is 27.1 Å². The first kappa shape index (κ1) is 48.1. The van der Waals surface area contributed by atoms with Crippen molar-refractivity contribution in [1.82, 2.24) is 18.3 Å². The molecular weight excluding hydrogens is 1080 g/mol. The van der Waals surface area contributed by atoms with Gasteiger partial charge in [-0.2, -0.15) is 10.5 Å². The number of nitriles is 2. The van der Waals surface area contributed by atoms with Gasteiger partial charge in [0.15, 0.2) is 11.2 Å². The number of rotatable bonds is 6. The molecule has 88 heavy (non-hydrogen) atoms. The first-order valence-corrected chi connectivity index (χ1v) is 29.5. The van der Waals surface area contributed by atoms with Crippen LogP contribution in [-0.4, -0.2) is 18.3 Å². The van der Waals surface area contributed by atoms with E-state index >= 15 is 0 Å². The predicted octanol–water partition coefficient (Wildman–Crippen LogP) is 21.0. The van der Waals surface area contributed by atoms with Crippen molar-refractivity contribution in [3.8, 4) is 57.1 Å². The summed E-state index contributed by atoms with van der Waals surface area (Å²) in [4.78, 5) is 0. The highest BCUT2D eigenvalue weighted by Gasteiger charge is 2.36. The van der Waals surface area contributed by atoms with E-state index in [0.717, 1.165) is 142 Å². The van der Waals surface area contributed by atoms with Crippen molar-refractivity contribution in [3.63, 3.8) is 0 Å². The molecule has 0 atom stereocenters. The highest BCUT2D eigenvalue weighted by Crippen LogP contribution is 2.52. The SMILES string of the molecule is N#Cc1c(C#N)c(-n2c3ccccc3c3ccc4c5ccccc5oc4c32)c(-n2c3ccccc3c3cc(-c4ccccc4)ccc32)c(-n2c3ccccc3c3cc(-c4ccccc4)ccc32)c1-n1c2ccccc2c2ccc3c4ccccc4oc3c21. The fourth-order valence-electron chi connectivity index (χ4n) is 14.7. The van der Waals surface area contributed by atoms with Crippen molar-refractivity contribution >= 4 is 131 Å². The van der Waals surface area contributed by atoms with Crippen LogP contribution in [0.1, 0.15) is 11.1 Å². The second kappa shape index (κ2) is 18.1. The van der Waals surface area contributed by atoms with E-state index < -0.39 is 0 Å². The minimum absolute atomic E-state index is 0.189. The second-order valence-electron chi connectivity index (χ2n) is 22.8. The van der Waals surface area contributed by atoms with Crippen LogP contribution in [0, 0.1) is 22.7 Å². The van der Waals surface area contributed by atoms with E-state index in [1.165, 1.54) is 0 Å². The average molecular weight is 1120 g/mol. The Morgan fingerprint density at radius 2 is 0.557 bits per heavy atom. The third-order valence-electron chi connectivity index (χ3n) is 18.4. The average Bonchev–Trinajstić information content (AvgIpc) is 1.49. The Balaban J connectivity index is 1.12. The van der Waals surface area contributed by atoms with E-state index in [-0.39, 0.29) is 11.1 Å². The first-order chi connectivity index (χ1) is 43.6. The minimum atomic E-state index is 0.189. The van der Waals surface area contributed by atoms with Gasteiger partial charge in [0.25, 0.3) is 0 Å². The summed E-state index contributed by atoms with van der Waals surface area (Å²) in [5, 5.41) is 37.2. The van der Waals surface area contributed by atoms with Crippen molar-refractivity contribution < 1.29 is 8.83 Å². The summed E-state index contributed by atoms with van der Waals surface area (Å²) in [5.74, 6) is 0. The van der Waals surface area contributed by atoms with E-state index in [4.69, 9.17) is 8.83 Å². The number of furan rings is 2. The van der Waals surface area contributed by atoms with Crippen LogP contribution >= 0.6 is 0 Å². The lowest BCUT2D eigenvalue weighted by Crippen LogP contribution is -2.17. The van der Waals surface area contributed by atoms with Crippen molar-refractivity contribution in [1.29, 1.82) is 10.5 Å². The van der Waals surface area contributed by atoms with Gasteiger partial charge in [0.05, 0.1) is 78.0 Å². The van der Waals surface area contributed by atoms with Crippen molar-refractivity contribution in [3.05, 3.63) is 278 Å². The van der Waals surface area contributed by atoms with Gasteiger partial charge in [0.1, 0.15) is 23.3 Å². The topological polar surface area (TPSA) is 93.6 Å². The predicted molar refractivity (Wildman–Crippen MR) is 359 cm³/mol. The van der Waals surface area contributed by atoms with Crippen LogP contribution in [0.15, 0.2) is 276 Å². The van der Waals surface area contributed by atoms with Gasteiger partial charge in [-0.25, -0.2) is 0 Å². The van der Waals surface area contributed by atoms with Gasteiger partial charge >= 0.3 is 0 Å². The molecule has 0 radical (unpaired) electrons. The number of para-hydroxylation sites is 6. The second-order valence-corrected chi connectivity index (χ2v) is 22.8. The molecule has 0 bridgehead atoms. The molecule has 0 N–H and O–H groups in total. The molecule has 0 aliphatic rings. The number of hydrogen-bond acceptors (Lipinski definition) is 4. The standard InChI is InChI=1S/C80H44N6O2/c81-45-63-64(46-82)74(86-68-32-16-8-24-52(68)58-38-40-60-56-28-12-18-34-72(56)88-80(60)76(58)86)78(84-66-30-14-10-26-54(66)62-44-50(36-42-70(62)84)48-21-5-2-6-22-48)77(83-65-29-13-9-25-53(65)61-43-49(35-41-69(61)83)47-19-3-1-4-20-47)73(63)85-67-31-15-7-23-51(67)57-37-39-59-55-27-11-17-33-71(55)87-79(59)75(57)85/h1-44H. The van der Waals surface area contributed by atoms with Crippen LogP contribution in [0.4, 0.5) is 0 Å². The summed E-state index contributed by atoms with van der Waals surface area (Å²) >= 11 is 0. The highest BCUT2D eigenvalue weighted by atomic mass is 16.3. The quantitative estimate of drug-likeness (QED) is 0.166. The van der Waals surface area contributed by atoms with E-state index in [1.807, 2.05) is 48.5 Å². The number of nitrogens with zero attached hydrogens (tertiary/aromatic N) is 6. The molecule has 13 aromatic carbocycles. The molecular formula is C80H44N6O2. The molecule has 0 amide bonds. The zero-order valence-corrected chi connectivity index (χ0v) is 46.9. The summed E-state index contributed by atoms with van der Waals surface area (Å²) < 4.78 is 23.5. The van der Waals surface area contributed by atoms with Gasteiger partial charge in [-0.3, -0.25) is 0 Å². The fourth-order valence-corrected chi connectivity index (χ4v) is 14.7. The maximum Gasteiger partial charge on any atom is 0.160 e. The smallest absolute Gasteiger partial charge is 0.160 e. The summed E-state index contributed by atoms with van der Waals surface area (Å²) in [6.07, 6.45) is 0. The number of aromatic nitrogens is 4. The lowest BCUT2D eigenvalue weighted by Gasteiger charge is -2.27. The molecule has 0 aliphatic carbocycles.